The molecule has 26 heavy (non-hydrogen) atoms. The molecule has 0 amide bonds. The van der Waals surface area contributed by atoms with Crippen LogP contribution in [0, 0.1) is 17.3 Å². The van der Waals surface area contributed by atoms with Crippen molar-refractivity contribution in [3.05, 3.63) is 0 Å². The van der Waals surface area contributed by atoms with E-state index in [2.05, 4.69) is 15.2 Å². The van der Waals surface area contributed by atoms with Gasteiger partial charge in [-0.25, -0.2) is 0 Å². The maximum Gasteiger partial charge on any atom is 0.193 e. The van der Waals surface area contributed by atoms with Crippen molar-refractivity contribution in [3.8, 4) is 0 Å². The number of guanidine groups is 1. The normalized spacial score (nSPS) is 34.8. The van der Waals surface area contributed by atoms with E-state index in [0.717, 1.165) is 32.3 Å². The number of nitrogens with one attached hydrogen (secondary N) is 1. The molecule has 2 aliphatic carbocycles. The Balaban J connectivity index is 0.00000196. The fraction of sp³-hybridized carbons (Fsp3) is 0.947. The maximum atomic E-state index is 6.04. The van der Waals surface area contributed by atoms with Gasteiger partial charge >= 0.3 is 0 Å². The van der Waals surface area contributed by atoms with Crippen molar-refractivity contribution in [3.63, 3.8) is 0 Å². The highest BCUT2D eigenvalue weighted by molar-refractivity contribution is 14.0. The summed E-state index contributed by atoms with van der Waals surface area (Å²) < 4.78 is 16.8. The molecular weight excluding hydrogens is 445 g/mol. The standard InChI is InChI=1S/C19H33N3O3.HI/c1-20-18(22-8-4-14(12-22)13-24-11-10-23-2)21-16-15-5-9-25-17(15)19(16)6-3-7-19;/h14-17H,3-13H2,1-2H3,(H,20,21);1H. The smallest absolute Gasteiger partial charge is 0.193 e. The number of rotatable bonds is 6. The van der Waals surface area contributed by atoms with Crippen LogP contribution in [0.3, 0.4) is 0 Å². The summed E-state index contributed by atoms with van der Waals surface area (Å²) in [5, 5.41) is 3.84. The zero-order valence-electron chi connectivity index (χ0n) is 16.1. The summed E-state index contributed by atoms with van der Waals surface area (Å²) in [5.41, 5.74) is 0.402. The lowest BCUT2D eigenvalue weighted by atomic mass is 9.46. The molecule has 0 aromatic heterocycles. The van der Waals surface area contributed by atoms with Crippen LogP contribution >= 0.6 is 24.0 Å². The molecule has 4 atom stereocenters. The van der Waals surface area contributed by atoms with Gasteiger partial charge in [-0.05, 0) is 25.7 Å². The minimum atomic E-state index is 0. The topological polar surface area (TPSA) is 55.3 Å². The van der Waals surface area contributed by atoms with Crippen molar-refractivity contribution in [2.75, 3.05) is 53.7 Å². The zero-order chi connectivity index (χ0) is 17.3. The Morgan fingerprint density at radius 1 is 1.31 bits per heavy atom. The number of hydrogen-bond donors (Lipinski definition) is 1. The summed E-state index contributed by atoms with van der Waals surface area (Å²) in [5.74, 6) is 2.37. The first kappa shape index (κ1) is 20.6. The van der Waals surface area contributed by atoms with Gasteiger partial charge in [-0.1, -0.05) is 6.42 Å². The molecule has 0 aromatic carbocycles. The van der Waals surface area contributed by atoms with Gasteiger partial charge in [0.15, 0.2) is 5.96 Å². The molecule has 1 N–H and O–H groups in total. The number of halogens is 1. The minimum Gasteiger partial charge on any atom is -0.382 e. The van der Waals surface area contributed by atoms with Gasteiger partial charge in [-0.15, -0.1) is 24.0 Å². The first-order chi connectivity index (χ1) is 12.3. The summed E-state index contributed by atoms with van der Waals surface area (Å²) in [6.07, 6.45) is 6.89. The number of likely N-dealkylation sites (tertiary alicyclic amines) is 1. The van der Waals surface area contributed by atoms with Gasteiger partial charge in [0, 0.05) is 57.1 Å². The zero-order valence-corrected chi connectivity index (χ0v) is 18.4. The van der Waals surface area contributed by atoms with Crippen LogP contribution in [0.25, 0.3) is 0 Å². The molecule has 4 aliphatic rings. The van der Waals surface area contributed by atoms with Crippen molar-refractivity contribution >= 4 is 29.9 Å². The summed E-state index contributed by atoms with van der Waals surface area (Å²) >= 11 is 0. The Hall–Kier alpha value is -0.120. The van der Waals surface area contributed by atoms with Crippen LogP contribution in [-0.2, 0) is 14.2 Å². The van der Waals surface area contributed by atoms with E-state index in [-0.39, 0.29) is 24.0 Å². The Morgan fingerprint density at radius 2 is 2.15 bits per heavy atom. The molecule has 1 spiro atoms. The second-order valence-corrected chi connectivity index (χ2v) is 8.17. The van der Waals surface area contributed by atoms with Crippen LogP contribution in [0.1, 0.15) is 32.1 Å². The lowest BCUT2D eigenvalue weighted by molar-refractivity contribution is -0.171. The molecule has 150 valence electrons. The second kappa shape index (κ2) is 8.92. The molecule has 7 heteroatoms. The third-order valence-corrected chi connectivity index (χ3v) is 6.90. The lowest BCUT2D eigenvalue weighted by Crippen LogP contribution is -2.72. The fourth-order valence-electron chi connectivity index (χ4n) is 5.45. The van der Waals surface area contributed by atoms with E-state index in [4.69, 9.17) is 14.2 Å². The number of fused-ring (bicyclic) bond motifs is 2. The SMILES string of the molecule is CN=C(NC1C2CCOC2C12CCC2)N1CCC(COCCOC)C1.I. The molecule has 4 unspecified atom stereocenters. The van der Waals surface area contributed by atoms with Gasteiger partial charge in [-0.3, -0.25) is 4.99 Å². The molecule has 2 saturated carbocycles. The van der Waals surface area contributed by atoms with E-state index in [1.165, 1.54) is 32.1 Å². The molecule has 6 nitrogen and oxygen atoms in total. The second-order valence-electron chi connectivity index (χ2n) is 8.17. The van der Waals surface area contributed by atoms with E-state index >= 15 is 0 Å². The lowest BCUT2D eigenvalue weighted by Gasteiger charge is -2.63. The highest BCUT2D eigenvalue weighted by atomic mass is 127. The third kappa shape index (κ3) is 3.61. The average molecular weight is 479 g/mol. The van der Waals surface area contributed by atoms with Crippen LogP contribution in [0.15, 0.2) is 4.99 Å². The summed E-state index contributed by atoms with van der Waals surface area (Å²) in [4.78, 5) is 7.02. The number of aliphatic imine (C=N–C) groups is 1. The van der Waals surface area contributed by atoms with E-state index in [1.54, 1.807) is 7.11 Å². The number of hydrogen-bond acceptors (Lipinski definition) is 4. The first-order valence-corrected chi connectivity index (χ1v) is 9.95. The largest absolute Gasteiger partial charge is 0.382 e. The van der Waals surface area contributed by atoms with Crippen LogP contribution in [-0.4, -0.2) is 76.7 Å². The van der Waals surface area contributed by atoms with Crippen molar-refractivity contribution in [1.82, 2.24) is 10.2 Å². The van der Waals surface area contributed by atoms with E-state index < -0.39 is 0 Å². The molecular formula is C19H34IN3O3. The van der Waals surface area contributed by atoms with Crippen LogP contribution in [0.2, 0.25) is 0 Å². The highest BCUT2D eigenvalue weighted by Crippen LogP contribution is 2.62. The van der Waals surface area contributed by atoms with Gasteiger partial charge in [0.1, 0.15) is 0 Å². The van der Waals surface area contributed by atoms with Gasteiger partial charge in [0.2, 0.25) is 0 Å². The van der Waals surface area contributed by atoms with Crippen molar-refractivity contribution < 1.29 is 14.2 Å². The first-order valence-electron chi connectivity index (χ1n) is 9.95. The molecule has 2 heterocycles. The molecule has 4 fully saturated rings. The van der Waals surface area contributed by atoms with E-state index in [1.807, 2.05) is 7.05 Å². The van der Waals surface area contributed by atoms with Crippen LogP contribution in [0.4, 0.5) is 0 Å². The Labute approximate surface area is 174 Å². The Kier molecular flexibility index (Phi) is 7.07. The predicted molar refractivity (Wildman–Crippen MR) is 112 cm³/mol. The number of methoxy groups -OCH3 is 1. The maximum absolute atomic E-state index is 6.04. The quantitative estimate of drug-likeness (QED) is 0.274. The number of ether oxygens (including phenoxy) is 3. The third-order valence-electron chi connectivity index (χ3n) is 6.90. The summed E-state index contributed by atoms with van der Waals surface area (Å²) in [6.45, 7) is 5.24. The van der Waals surface area contributed by atoms with Crippen molar-refractivity contribution in [2.45, 2.75) is 44.2 Å². The van der Waals surface area contributed by atoms with E-state index in [9.17, 15) is 0 Å². The molecule has 4 rings (SSSR count). The molecule has 0 radical (unpaired) electrons. The molecule has 0 bridgehead atoms. The summed E-state index contributed by atoms with van der Waals surface area (Å²) in [7, 11) is 3.63. The highest BCUT2D eigenvalue weighted by Gasteiger charge is 2.66. The minimum absolute atomic E-state index is 0. The Morgan fingerprint density at radius 3 is 2.85 bits per heavy atom. The average Bonchev–Trinajstić information content (AvgIpc) is 3.20. The van der Waals surface area contributed by atoms with Crippen molar-refractivity contribution in [2.24, 2.45) is 22.2 Å². The van der Waals surface area contributed by atoms with Gasteiger partial charge < -0.3 is 24.4 Å². The van der Waals surface area contributed by atoms with E-state index in [0.29, 0.717) is 42.6 Å². The summed E-state index contributed by atoms with van der Waals surface area (Å²) in [6, 6.07) is 0.560. The fourth-order valence-corrected chi connectivity index (χ4v) is 5.45. The van der Waals surface area contributed by atoms with Crippen LogP contribution in [0.5, 0.6) is 0 Å². The molecule has 2 aliphatic heterocycles. The molecule has 0 aromatic rings. The predicted octanol–water partition coefficient (Wildman–Crippen LogP) is 2.12. The number of nitrogens with zero attached hydrogens (tertiary/aromatic N) is 2. The molecule has 2 saturated heterocycles. The monoisotopic (exact) mass is 479 g/mol. The van der Waals surface area contributed by atoms with Gasteiger partial charge in [-0.2, -0.15) is 0 Å². The van der Waals surface area contributed by atoms with Crippen LogP contribution < -0.4 is 5.32 Å². The Bertz CT molecular complexity index is 500. The van der Waals surface area contributed by atoms with Gasteiger partial charge in [0.25, 0.3) is 0 Å². The van der Waals surface area contributed by atoms with Crippen molar-refractivity contribution in [1.29, 1.82) is 0 Å². The van der Waals surface area contributed by atoms with Gasteiger partial charge in [0.05, 0.1) is 25.9 Å².